The number of aromatic nitrogens is 2. The highest BCUT2D eigenvalue weighted by atomic mass is 32.1. The summed E-state index contributed by atoms with van der Waals surface area (Å²) in [6.07, 6.45) is 6.68. The van der Waals surface area contributed by atoms with Gasteiger partial charge >= 0.3 is 0 Å². The predicted molar refractivity (Wildman–Crippen MR) is 108 cm³/mol. The molecule has 0 unspecified atom stereocenters. The second-order valence-corrected chi connectivity index (χ2v) is 7.71. The molecule has 0 aliphatic carbocycles. The molecule has 0 saturated heterocycles. The molecule has 3 heterocycles. The Balaban J connectivity index is 1.70. The number of thiazole rings is 1. The zero-order valence-corrected chi connectivity index (χ0v) is 15.7. The Labute approximate surface area is 163 Å². The number of carbonyl (C=O) groups is 1. The molecule has 27 heavy (non-hydrogen) atoms. The summed E-state index contributed by atoms with van der Waals surface area (Å²) in [4.78, 5) is 23.9. The Bertz CT molecular complexity index is 1090. The second-order valence-electron chi connectivity index (χ2n) is 5.72. The minimum absolute atomic E-state index is 0.216. The van der Waals surface area contributed by atoms with Gasteiger partial charge in [-0.3, -0.25) is 14.7 Å². The number of hydrogen-bond donors (Lipinski definition) is 0. The van der Waals surface area contributed by atoms with Crippen molar-refractivity contribution < 1.29 is 9.18 Å². The highest BCUT2D eigenvalue weighted by molar-refractivity contribution is 7.22. The van der Waals surface area contributed by atoms with Gasteiger partial charge < -0.3 is 0 Å². The van der Waals surface area contributed by atoms with Crippen LogP contribution < -0.4 is 4.90 Å². The Hall–Kier alpha value is -2.90. The molecule has 1 amide bonds. The molecule has 0 saturated carbocycles. The molecule has 0 N–H and O–H groups in total. The average Bonchev–Trinajstić information content (AvgIpc) is 3.35. The zero-order valence-electron chi connectivity index (χ0n) is 14.1. The van der Waals surface area contributed by atoms with Crippen LogP contribution in [-0.2, 0) is 11.3 Å². The third-order valence-electron chi connectivity index (χ3n) is 3.85. The summed E-state index contributed by atoms with van der Waals surface area (Å²) in [7, 11) is 0. The number of pyridine rings is 1. The zero-order chi connectivity index (χ0) is 18.6. The third kappa shape index (κ3) is 3.94. The van der Waals surface area contributed by atoms with Crippen molar-refractivity contribution in [3.63, 3.8) is 0 Å². The first-order valence-electron chi connectivity index (χ1n) is 8.18. The van der Waals surface area contributed by atoms with E-state index in [4.69, 9.17) is 0 Å². The lowest BCUT2D eigenvalue weighted by Crippen LogP contribution is -2.28. The van der Waals surface area contributed by atoms with E-state index in [-0.39, 0.29) is 11.4 Å². The Morgan fingerprint density at radius 1 is 1.19 bits per heavy atom. The van der Waals surface area contributed by atoms with Crippen LogP contribution in [0.1, 0.15) is 10.4 Å². The minimum Gasteiger partial charge on any atom is -0.280 e. The molecule has 4 aromatic rings. The van der Waals surface area contributed by atoms with Crippen LogP contribution in [-0.4, -0.2) is 15.9 Å². The molecule has 7 heteroatoms. The van der Waals surface area contributed by atoms with E-state index >= 15 is 0 Å². The predicted octanol–water partition coefficient (Wildman–Crippen LogP) is 5.14. The molecule has 0 fully saturated rings. The summed E-state index contributed by atoms with van der Waals surface area (Å²) in [5, 5.41) is 2.41. The molecule has 0 aliphatic rings. The van der Waals surface area contributed by atoms with Crippen LogP contribution in [0.25, 0.3) is 16.3 Å². The Kier molecular flexibility index (Phi) is 5.04. The van der Waals surface area contributed by atoms with Crippen LogP contribution >= 0.6 is 22.7 Å². The van der Waals surface area contributed by atoms with Gasteiger partial charge in [0.05, 0.1) is 11.2 Å². The molecule has 0 radical (unpaired) electrons. The monoisotopic (exact) mass is 395 g/mol. The number of carbonyl (C=O) groups excluding carboxylic acids is 1. The van der Waals surface area contributed by atoms with E-state index in [9.17, 15) is 9.18 Å². The summed E-state index contributed by atoms with van der Waals surface area (Å²) in [6, 6.07) is 12.4. The van der Waals surface area contributed by atoms with Crippen molar-refractivity contribution in [3.8, 4) is 0 Å². The third-order valence-corrected chi connectivity index (χ3v) is 5.73. The molecule has 0 atom stereocenters. The van der Waals surface area contributed by atoms with Crippen LogP contribution in [0.2, 0.25) is 0 Å². The Morgan fingerprint density at radius 2 is 2.11 bits per heavy atom. The molecule has 3 aromatic heterocycles. The average molecular weight is 395 g/mol. The standard InChI is InChI=1S/C20H14FN3OS2/c21-16-6-1-7-17-19(16)23-20(27-17)24(13-14-4-2-10-22-12-14)18(25)9-8-15-5-3-11-26-15/h1-12H,13H2. The molecule has 4 rings (SSSR count). The van der Waals surface area contributed by atoms with E-state index in [0.29, 0.717) is 16.4 Å². The van der Waals surface area contributed by atoms with Crippen LogP contribution in [0.5, 0.6) is 0 Å². The van der Waals surface area contributed by atoms with Gasteiger partial charge in [0.15, 0.2) is 5.13 Å². The summed E-state index contributed by atoms with van der Waals surface area (Å²) in [6.45, 7) is 0.308. The van der Waals surface area contributed by atoms with Gasteiger partial charge in [0, 0.05) is 23.3 Å². The first-order chi connectivity index (χ1) is 13.2. The molecule has 4 nitrogen and oxygen atoms in total. The number of nitrogens with zero attached hydrogens (tertiary/aromatic N) is 3. The number of thiophene rings is 1. The SMILES string of the molecule is O=C(C=Cc1cccs1)N(Cc1cccnc1)c1nc2c(F)cccc2s1. The molecule has 0 aliphatic heterocycles. The van der Waals surface area contributed by atoms with Gasteiger partial charge in [-0.15, -0.1) is 11.3 Å². The maximum Gasteiger partial charge on any atom is 0.253 e. The molecule has 134 valence electrons. The lowest BCUT2D eigenvalue weighted by molar-refractivity contribution is -0.114. The number of para-hydroxylation sites is 1. The lowest BCUT2D eigenvalue weighted by Gasteiger charge is -2.18. The van der Waals surface area contributed by atoms with Crippen molar-refractivity contribution in [1.29, 1.82) is 0 Å². The van der Waals surface area contributed by atoms with Gasteiger partial charge in [0.1, 0.15) is 11.3 Å². The Morgan fingerprint density at radius 3 is 2.85 bits per heavy atom. The van der Waals surface area contributed by atoms with E-state index in [2.05, 4.69) is 9.97 Å². The largest absolute Gasteiger partial charge is 0.280 e. The fraction of sp³-hybridized carbons (Fsp3) is 0.0500. The van der Waals surface area contributed by atoms with Crippen LogP contribution in [0.4, 0.5) is 9.52 Å². The topological polar surface area (TPSA) is 46.1 Å². The van der Waals surface area contributed by atoms with Crippen molar-refractivity contribution in [2.75, 3.05) is 4.90 Å². The van der Waals surface area contributed by atoms with E-state index in [1.807, 2.05) is 29.6 Å². The molecule has 1 aromatic carbocycles. The van der Waals surface area contributed by atoms with Crippen LogP contribution in [0.3, 0.4) is 0 Å². The van der Waals surface area contributed by atoms with Crippen molar-refractivity contribution in [1.82, 2.24) is 9.97 Å². The summed E-state index contributed by atoms with van der Waals surface area (Å²) >= 11 is 2.84. The normalized spacial score (nSPS) is 11.3. The summed E-state index contributed by atoms with van der Waals surface area (Å²) in [5.41, 5.74) is 1.15. The molecular formula is C20H14FN3OS2. The smallest absolute Gasteiger partial charge is 0.253 e. The highest BCUT2D eigenvalue weighted by Gasteiger charge is 2.19. The van der Waals surface area contributed by atoms with Crippen LogP contribution in [0, 0.1) is 5.82 Å². The van der Waals surface area contributed by atoms with E-state index in [1.54, 1.807) is 46.8 Å². The minimum atomic E-state index is -0.391. The first-order valence-corrected chi connectivity index (χ1v) is 9.87. The van der Waals surface area contributed by atoms with Crippen LogP contribution in [0.15, 0.2) is 66.3 Å². The quantitative estimate of drug-likeness (QED) is 0.440. The highest BCUT2D eigenvalue weighted by Crippen LogP contribution is 2.31. The van der Waals surface area contributed by atoms with E-state index in [0.717, 1.165) is 10.4 Å². The van der Waals surface area contributed by atoms with Crippen molar-refractivity contribution in [2.45, 2.75) is 6.54 Å². The molecule has 0 bridgehead atoms. The number of fused-ring (bicyclic) bond motifs is 1. The van der Waals surface area contributed by atoms with E-state index in [1.165, 1.54) is 23.5 Å². The maximum atomic E-state index is 14.0. The van der Waals surface area contributed by atoms with Gasteiger partial charge in [0.25, 0.3) is 5.91 Å². The van der Waals surface area contributed by atoms with Gasteiger partial charge in [0.2, 0.25) is 0 Å². The summed E-state index contributed by atoms with van der Waals surface area (Å²) < 4.78 is 14.7. The number of hydrogen-bond acceptors (Lipinski definition) is 5. The first kappa shape index (κ1) is 17.5. The van der Waals surface area contributed by atoms with Gasteiger partial charge in [-0.2, -0.15) is 0 Å². The molecular weight excluding hydrogens is 381 g/mol. The number of amides is 1. The van der Waals surface area contributed by atoms with Crippen molar-refractivity contribution >= 4 is 50.0 Å². The second kappa shape index (κ2) is 7.77. The fourth-order valence-corrected chi connectivity index (χ4v) is 4.16. The van der Waals surface area contributed by atoms with E-state index < -0.39 is 5.82 Å². The lowest BCUT2D eigenvalue weighted by atomic mass is 10.2. The number of halogens is 1. The number of benzene rings is 1. The van der Waals surface area contributed by atoms with Gasteiger partial charge in [-0.25, -0.2) is 9.37 Å². The van der Waals surface area contributed by atoms with Gasteiger partial charge in [-0.1, -0.05) is 29.5 Å². The van der Waals surface area contributed by atoms with Crippen molar-refractivity contribution in [3.05, 3.63) is 82.6 Å². The molecule has 0 spiro atoms. The summed E-state index contributed by atoms with van der Waals surface area (Å²) in [5.74, 6) is -0.607. The number of rotatable bonds is 5. The van der Waals surface area contributed by atoms with Gasteiger partial charge in [-0.05, 0) is 41.3 Å². The maximum absolute atomic E-state index is 14.0. The van der Waals surface area contributed by atoms with Crippen molar-refractivity contribution in [2.24, 2.45) is 0 Å². The number of anilines is 1. The fourth-order valence-electron chi connectivity index (χ4n) is 2.56.